The van der Waals surface area contributed by atoms with E-state index in [1.807, 2.05) is 13.8 Å². The van der Waals surface area contributed by atoms with Crippen LogP contribution in [0.3, 0.4) is 0 Å². The summed E-state index contributed by atoms with van der Waals surface area (Å²) in [6.07, 6.45) is 5.52. The van der Waals surface area contributed by atoms with E-state index < -0.39 is 0 Å². The fourth-order valence-corrected chi connectivity index (χ4v) is 0.295. The van der Waals surface area contributed by atoms with Gasteiger partial charge in [0.25, 0.3) is 0 Å². The molecule has 0 aromatic heterocycles. The minimum Gasteiger partial charge on any atom is -0.316 e. The van der Waals surface area contributed by atoms with Gasteiger partial charge in [0.15, 0.2) is 0 Å². The average Bonchev–Trinajstić information content (AvgIpc) is 1.67. The second-order valence-electron chi connectivity index (χ2n) is 2.38. The molecule has 0 aliphatic rings. The Morgan fingerprint density at radius 3 is 2.38 bits per heavy atom. The Labute approximate surface area is 49.9 Å². The smallest absolute Gasteiger partial charge is 0.0482 e. The standard InChI is InChI=1S/C6H11NO/c1-4-5-6(2,3)7-8/h1,7-8H,5H2,2-3H3. The van der Waals surface area contributed by atoms with Crippen molar-refractivity contribution in [3.8, 4) is 12.3 Å². The molecule has 0 aromatic carbocycles. The van der Waals surface area contributed by atoms with Crippen molar-refractivity contribution in [3.05, 3.63) is 0 Å². The lowest BCUT2D eigenvalue weighted by Gasteiger charge is -2.18. The molecule has 0 fully saturated rings. The molecule has 0 amide bonds. The van der Waals surface area contributed by atoms with Gasteiger partial charge in [-0.05, 0) is 13.8 Å². The van der Waals surface area contributed by atoms with Crippen LogP contribution in [0.15, 0.2) is 0 Å². The van der Waals surface area contributed by atoms with Crippen molar-refractivity contribution >= 4 is 0 Å². The molecule has 0 spiro atoms. The summed E-state index contributed by atoms with van der Waals surface area (Å²) < 4.78 is 0. The van der Waals surface area contributed by atoms with Gasteiger partial charge in [-0.15, -0.1) is 12.3 Å². The third-order valence-electron chi connectivity index (χ3n) is 0.847. The van der Waals surface area contributed by atoms with Gasteiger partial charge in [0.05, 0.1) is 0 Å². The van der Waals surface area contributed by atoms with E-state index in [0.717, 1.165) is 0 Å². The highest BCUT2D eigenvalue weighted by Crippen LogP contribution is 2.03. The zero-order valence-electron chi connectivity index (χ0n) is 5.23. The van der Waals surface area contributed by atoms with Gasteiger partial charge in [-0.3, -0.25) is 0 Å². The lowest BCUT2D eigenvalue weighted by Crippen LogP contribution is -2.35. The predicted molar refractivity (Wildman–Crippen MR) is 32.5 cm³/mol. The molecule has 0 atom stereocenters. The monoisotopic (exact) mass is 113 g/mol. The molecule has 2 nitrogen and oxygen atoms in total. The third-order valence-corrected chi connectivity index (χ3v) is 0.847. The second-order valence-corrected chi connectivity index (χ2v) is 2.38. The molecule has 0 aliphatic heterocycles. The Balaban J connectivity index is 3.58. The summed E-state index contributed by atoms with van der Waals surface area (Å²) in [6.45, 7) is 3.65. The van der Waals surface area contributed by atoms with E-state index in [-0.39, 0.29) is 5.54 Å². The number of hydrogen-bond donors (Lipinski definition) is 2. The van der Waals surface area contributed by atoms with Crippen LogP contribution in [-0.2, 0) is 0 Å². The summed E-state index contributed by atoms with van der Waals surface area (Å²) in [5, 5.41) is 8.38. The summed E-state index contributed by atoms with van der Waals surface area (Å²) in [5.74, 6) is 2.44. The molecule has 0 unspecified atom stereocenters. The van der Waals surface area contributed by atoms with Gasteiger partial charge < -0.3 is 5.21 Å². The highest BCUT2D eigenvalue weighted by Gasteiger charge is 2.12. The molecule has 0 saturated heterocycles. The van der Waals surface area contributed by atoms with Crippen molar-refractivity contribution in [3.63, 3.8) is 0 Å². The zero-order chi connectivity index (χ0) is 6.62. The fraction of sp³-hybridized carbons (Fsp3) is 0.667. The average molecular weight is 113 g/mol. The van der Waals surface area contributed by atoms with Crippen LogP contribution in [0, 0.1) is 12.3 Å². The Kier molecular flexibility index (Phi) is 2.53. The number of rotatable bonds is 2. The molecule has 8 heavy (non-hydrogen) atoms. The number of nitrogens with one attached hydrogen (secondary N) is 1. The Hall–Kier alpha value is -0.520. The predicted octanol–water partition coefficient (Wildman–Crippen LogP) is 0.767. The van der Waals surface area contributed by atoms with E-state index in [0.29, 0.717) is 6.42 Å². The fourth-order valence-electron chi connectivity index (χ4n) is 0.295. The van der Waals surface area contributed by atoms with E-state index >= 15 is 0 Å². The van der Waals surface area contributed by atoms with Crippen molar-refractivity contribution in [1.29, 1.82) is 0 Å². The molecular weight excluding hydrogens is 102 g/mol. The first-order valence-electron chi connectivity index (χ1n) is 2.47. The van der Waals surface area contributed by atoms with Crippen molar-refractivity contribution in [1.82, 2.24) is 5.48 Å². The Morgan fingerprint density at radius 2 is 2.25 bits per heavy atom. The molecule has 0 aromatic rings. The van der Waals surface area contributed by atoms with Gasteiger partial charge in [0.1, 0.15) is 0 Å². The molecule has 46 valence electrons. The summed E-state index contributed by atoms with van der Waals surface area (Å²) in [7, 11) is 0. The lowest BCUT2D eigenvalue weighted by atomic mass is 10.0. The maximum atomic E-state index is 8.38. The van der Waals surface area contributed by atoms with Crippen molar-refractivity contribution in [2.45, 2.75) is 25.8 Å². The number of hydrogen-bond acceptors (Lipinski definition) is 2. The van der Waals surface area contributed by atoms with Gasteiger partial charge in [0.2, 0.25) is 0 Å². The summed E-state index contributed by atoms with van der Waals surface area (Å²) >= 11 is 0. The second kappa shape index (κ2) is 2.71. The lowest BCUT2D eigenvalue weighted by molar-refractivity contribution is 0.0844. The first-order chi connectivity index (χ1) is 3.62. The first-order valence-corrected chi connectivity index (χ1v) is 2.47. The molecule has 0 saturated carbocycles. The minimum absolute atomic E-state index is 0.339. The van der Waals surface area contributed by atoms with E-state index in [2.05, 4.69) is 11.4 Å². The highest BCUT2D eigenvalue weighted by atomic mass is 16.5. The third kappa shape index (κ3) is 2.62. The normalized spacial score (nSPS) is 10.8. The quantitative estimate of drug-likeness (QED) is 0.409. The Bertz CT molecular complexity index is 102. The van der Waals surface area contributed by atoms with Crippen molar-refractivity contribution in [2.75, 3.05) is 0 Å². The SMILES string of the molecule is C#CCC(C)(C)NO. The van der Waals surface area contributed by atoms with Crippen LogP contribution in [0.25, 0.3) is 0 Å². The van der Waals surface area contributed by atoms with E-state index in [4.69, 9.17) is 11.6 Å². The Morgan fingerprint density at radius 1 is 1.75 bits per heavy atom. The van der Waals surface area contributed by atoms with Crippen LogP contribution in [0.2, 0.25) is 0 Å². The summed E-state index contributed by atoms with van der Waals surface area (Å²) in [5.41, 5.74) is 1.76. The van der Waals surface area contributed by atoms with E-state index in [9.17, 15) is 0 Å². The molecule has 0 radical (unpaired) electrons. The van der Waals surface area contributed by atoms with Crippen LogP contribution in [0.5, 0.6) is 0 Å². The molecule has 0 rings (SSSR count). The van der Waals surface area contributed by atoms with Crippen LogP contribution in [0.4, 0.5) is 0 Å². The van der Waals surface area contributed by atoms with Gasteiger partial charge in [-0.2, -0.15) is 5.48 Å². The maximum Gasteiger partial charge on any atom is 0.0482 e. The van der Waals surface area contributed by atoms with E-state index in [1.165, 1.54) is 0 Å². The summed E-state index contributed by atoms with van der Waals surface area (Å²) in [6, 6.07) is 0. The van der Waals surface area contributed by atoms with Crippen molar-refractivity contribution in [2.24, 2.45) is 0 Å². The van der Waals surface area contributed by atoms with Crippen LogP contribution >= 0.6 is 0 Å². The molecule has 2 N–H and O–H groups in total. The molecular formula is C6H11NO. The zero-order valence-corrected chi connectivity index (χ0v) is 5.23. The van der Waals surface area contributed by atoms with Gasteiger partial charge in [-0.1, -0.05) is 0 Å². The van der Waals surface area contributed by atoms with Gasteiger partial charge in [0, 0.05) is 12.0 Å². The van der Waals surface area contributed by atoms with E-state index in [1.54, 1.807) is 0 Å². The maximum absolute atomic E-state index is 8.38. The molecule has 2 heteroatoms. The topological polar surface area (TPSA) is 32.3 Å². The minimum atomic E-state index is -0.339. The first kappa shape index (κ1) is 7.48. The molecule has 0 heterocycles. The molecule has 0 aliphatic carbocycles. The highest BCUT2D eigenvalue weighted by molar-refractivity contribution is 4.93. The summed E-state index contributed by atoms with van der Waals surface area (Å²) in [4.78, 5) is 0. The van der Waals surface area contributed by atoms with Crippen molar-refractivity contribution < 1.29 is 5.21 Å². The van der Waals surface area contributed by atoms with Crippen LogP contribution in [-0.4, -0.2) is 10.7 Å². The van der Waals surface area contributed by atoms with Crippen LogP contribution < -0.4 is 5.48 Å². The van der Waals surface area contributed by atoms with Gasteiger partial charge in [-0.25, -0.2) is 0 Å². The molecule has 0 bridgehead atoms. The number of hydroxylamine groups is 1. The van der Waals surface area contributed by atoms with Gasteiger partial charge >= 0.3 is 0 Å². The largest absolute Gasteiger partial charge is 0.316 e. The van der Waals surface area contributed by atoms with Crippen LogP contribution in [0.1, 0.15) is 20.3 Å². The number of terminal acetylenes is 1.